The highest BCUT2D eigenvalue weighted by Gasteiger charge is 2.23. The SMILES string of the molecule is C=CC(C)SF.CC.CC.CCNc1cccc(C)c1.Cc1cccc(C(CCC2CC2)c2ccccc2)c1.S=S. The van der Waals surface area contributed by atoms with E-state index in [-0.39, 0.29) is 5.25 Å². The van der Waals surface area contributed by atoms with Crippen LogP contribution in [0.5, 0.6) is 0 Å². The van der Waals surface area contributed by atoms with Gasteiger partial charge in [-0.05, 0) is 75.3 Å². The van der Waals surface area contributed by atoms with E-state index in [2.05, 4.69) is 134 Å². The van der Waals surface area contributed by atoms with Crippen molar-refractivity contribution in [3.05, 3.63) is 114 Å². The van der Waals surface area contributed by atoms with E-state index >= 15 is 0 Å². The fourth-order valence-corrected chi connectivity index (χ4v) is 3.98. The monoisotopic (exact) mass is 615 g/mol. The molecule has 2 atom stereocenters. The Balaban J connectivity index is 0. The highest BCUT2D eigenvalue weighted by molar-refractivity contribution is 8.07. The van der Waals surface area contributed by atoms with E-state index in [1.165, 1.54) is 53.6 Å². The lowest BCUT2D eigenvalue weighted by molar-refractivity contribution is 0.613. The molecular weight excluding hydrogens is 562 g/mol. The normalized spacial score (nSPS) is 12.2. The molecule has 0 aromatic heterocycles. The van der Waals surface area contributed by atoms with Crippen LogP contribution in [0.1, 0.15) is 95.4 Å². The second-order valence-corrected chi connectivity index (χ2v) is 10.2. The molecule has 3 aromatic rings. The van der Waals surface area contributed by atoms with Gasteiger partial charge in [0.2, 0.25) is 0 Å². The van der Waals surface area contributed by atoms with Crippen molar-refractivity contribution in [1.29, 1.82) is 0 Å². The zero-order chi connectivity index (χ0) is 31.5. The van der Waals surface area contributed by atoms with Crippen LogP contribution in [0.2, 0.25) is 0 Å². The van der Waals surface area contributed by atoms with Gasteiger partial charge in [0.15, 0.2) is 0 Å². The Morgan fingerprint density at radius 3 is 1.85 bits per heavy atom. The van der Waals surface area contributed by atoms with Gasteiger partial charge in [0.05, 0.1) is 17.4 Å². The average molecular weight is 616 g/mol. The molecule has 0 radical (unpaired) electrons. The molecule has 0 aliphatic heterocycles. The molecule has 1 fully saturated rings. The molecule has 0 heterocycles. The maximum atomic E-state index is 11.2. The van der Waals surface area contributed by atoms with Crippen molar-refractivity contribution in [3.63, 3.8) is 0 Å². The van der Waals surface area contributed by atoms with Crippen LogP contribution in [-0.2, 0) is 22.4 Å². The van der Waals surface area contributed by atoms with Gasteiger partial charge in [-0.25, -0.2) is 0 Å². The first kappa shape index (κ1) is 41.1. The average Bonchev–Trinajstić information content (AvgIpc) is 3.86. The summed E-state index contributed by atoms with van der Waals surface area (Å²) in [6, 6.07) is 28.4. The van der Waals surface area contributed by atoms with Gasteiger partial charge in [0.25, 0.3) is 0 Å². The van der Waals surface area contributed by atoms with E-state index in [0.29, 0.717) is 18.1 Å². The van der Waals surface area contributed by atoms with Crippen molar-refractivity contribution in [2.24, 2.45) is 5.92 Å². The third-order valence-corrected chi connectivity index (χ3v) is 6.55. The molecule has 1 N–H and O–H groups in total. The molecule has 1 nitrogen and oxygen atoms in total. The van der Waals surface area contributed by atoms with Gasteiger partial charge in [-0.2, -0.15) is 3.89 Å². The van der Waals surface area contributed by atoms with Crippen molar-refractivity contribution in [3.8, 4) is 0 Å². The minimum Gasteiger partial charge on any atom is -0.385 e. The lowest BCUT2D eigenvalue weighted by atomic mass is 9.86. The molecule has 5 heteroatoms. The van der Waals surface area contributed by atoms with Gasteiger partial charge in [0, 0.05) is 40.5 Å². The summed E-state index contributed by atoms with van der Waals surface area (Å²) in [6.07, 6.45) is 7.14. The van der Waals surface area contributed by atoms with Gasteiger partial charge >= 0.3 is 0 Å². The minimum atomic E-state index is -0.0509. The smallest absolute Gasteiger partial charge is 0.0516 e. The summed E-state index contributed by atoms with van der Waals surface area (Å²) < 4.78 is 11.2. The summed E-state index contributed by atoms with van der Waals surface area (Å²) in [5.41, 5.74) is 6.83. The number of rotatable bonds is 9. The molecule has 3 aromatic carbocycles. The van der Waals surface area contributed by atoms with E-state index in [4.69, 9.17) is 0 Å². The molecule has 0 bridgehead atoms. The Morgan fingerprint density at radius 1 is 0.878 bits per heavy atom. The number of halogens is 1. The van der Waals surface area contributed by atoms with E-state index < -0.39 is 0 Å². The molecule has 228 valence electrons. The third-order valence-electron chi connectivity index (χ3n) is 6.08. The summed E-state index contributed by atoms with van der Waals surface area (Å²) in [6.45, 7) is 20.5. The second kappa shape index (κ2) is 28.1. The molecule has 0 spiro atoms. The van der Waals surface area contributed by atoms with Gasteiger partial charge in [0.1, 0.15) is 0 Å². The number of hydrogen-bond acceptors (Lipinski definition) is 4. The lowest BCUT2D eigenvalue weighted by Gasteiger charge is -2.18. The quantitative estimate of drug-likeness (QED) is 0.240. The Morgan fingerprint density at radius 2 is 1.41 bits per heavy atom. The summed E-state index contributed by atoms with van der Waals surface area (Å²) in [4.78, 5) is 0. The first-order valence-electron chi connectivity index (χ1n) is 15.0. The van der Waals surface area contributed by atoms with Crippen LogP contribution in [0.15, 0.2) is 91.5 Å². The topological polar surface area (TPSA) is 12.0 Å². The van der Waals surface area contributed by atoms with Crippen LogP contribution >= 0.6 is 12.1 Å². The molecule has 2 unspecified atom stereocenters. The molecule has 4 rings (SSSR count). The highest BCUT2D eigenvalue weighted by atomic mass is 32.8. The van der Waals surface area contributed by atoms with Crippen LogP contribution in [0.4, 0.5) is 9.57 Å². The Kier molecular flexibility index (Phi) is 28.1. The van der Waals surface area contributed by atoms with E-state index in [9.17, 15) is 3.89 Å². The number of anilines is 1. The molecule has 41 heavy (non-hydrogen) atoms. The summed E-state index contributed by atoms with van der Waals surface area (Å²) in [5, 5.41) is 3.20. The summed E-state index contributed by atoms with van der Waals surface area (Å²) >= 11 is 7.64. The van der Waals surface area contributed by atoms with Crippen LogP contribution in [0, 0.1) is 19.8 Å². The fraction of sp³-hybridized carbons (Fsp3) is 0.444. The number of hydrogen-bond donors (Lipinski definition) is 1. The molecule has 0 amide bonds. The summed E-state index contributed by atoms with van der Waals surface area (Å²) in [7, 11) is 0. The Bertz CT molecular complexity index is 1010. The van der Waals surface area contributed by atoms with Crippen molar-refractivity contribution >= 4 is 40.2 Å². The first-order chi connectivity index (χ1) is 20.0. The first-order valence-corrected chi connectivity index (χ1v) is 17.1. The van der Waals surface area contributed by atoms with Crippen molar-refractivity contribution < 1.29 is 3.89 Å². The van der Waals surface area contributed by atoms with Crippen LogP contribution in [-0.4, -0.2) is 11.8 Å². The van der Waals surface area contributed by atoms with Gasteiger partial charge in [-0.1, -0.05) is 119 Å². The molecular formula is C36H54FNS3. The largest absolute Gasteiger partial charge is 0.385 e. The second-order valence-electron chi connectivity index (χ2n) is 9.33. The third kappa shape index (κ3) is 20.4. The van der Waals surface area contributed by atoms with Crippen molar-refractivity contribution in [2.75, 3.05) is 11.9 Å². The van der Waals surface area contributed by atoms with Gasteiger partial charge < -0.3 is 5.32 Å². The van der Waals surface area contributed by atoms with E-state index in [1.807, 2.05) is 27.7 Å². The zero-order valence-electron chi connectivity index (χ0n) is 26.7. The Labute approximate surface area is 266 Å². The van der Waals surface area contributed by atoms with Crippen LogP contribution < -0.4 is 5.32 Å². The number of benzene rings is 3. The maximum absolute atomic E-state index is 11.2. The molecule has 0 saturated heterocycles. The maximum Gasteiger partial charge on any atom is 0.0516 e. The zero-order valence-corrected chi connectivity index (χ0v) is 29.1. The molecule has 1 aliphatic rings. The predicted octanol–water partition coefficient (Wildman–Crippen LogP) is 12.0. The van der Waals surface area contributed by atoms with E-state index in [0.717, 1.165) is 12.5 Å². The van der Waals surface area contributed by atoms with Gasteiger partial charge in [-0.15, -0.1) is 6.58 Å². The molecule has 1 saturated carbocycles. The summed E-state index contributed by atoms with van der Waals surface area (Å²) in [5.74, 6) is 1.58. The minimum absolute atomic E-state index is 0.0509. The predicted molar refractivity (Wildman–Crippen MR) is 193 cm³/mol. The fourth-order valence-electron chi connectivity index (χ4n) is 3.90. The van der Waals surface area contributed by atoms with Crippen LogP contribution in [0.3, 0.4) is 0 Å². The van der Waals surface area contributed by atoms with Crippen molar-refractivity contribution in [1.82, 2.24) is 0 Å². The van der Waals surface area contributed by atoms with Crippen molar-refractivity contribution in [2.45, 2.75) is 92.2 Å². The number of aryl methyl sites for hydroxylation is 2. The van der Waals surface area contributed by atoms with Gasteiger partial charge in [-0.3, -0.25) is 0 Å². The molecule has 1 aliphatic carbocycles. The highest BCUT2D eigenvalue weighted by Crippen LogP contribution is 2.38. The Hall–Kier alpha value is -2.08. The standard InChI is InChI=1S/C19H22.C9H13N.C4H7FS.2C2H6.S2/c1-15-6-5-9-18(14-15)19(13-12-16-10-11-16)17-7-3-2-4-8-17;1-3-10-9-6-4-5-8(2)7-9;1-3-4(2)6-5;3*1-2/h2-9,14,16,19H,10-13H2,1H3;4-7,10H,3H2,1-2H3;3-4H,1H2,2H3;2*1-2H3;. The van der Waals surface area contributed by atoms with Crippen LogP contribution in [0.25, 0.3) is 0 Å². The number of nitrogens with one attached hydrogen (secondary N) is 1. The lowest BCUT2D eigenvalue weighted by Crippen LogP contribution is -2.02. The van der Waals surface area contributed by atoms with E-state index in [1.54, 1.807) is 13.0 Å².